The summed E-state index contributed by atoms with van der Waals surface area (Å²) < 4.78 is 6.55. The smallest absolute Gasteiger partial charge is 0.137 e. The molecule has 2 nitrogen and oxygen atoms in total. The molecule has 4 fully saturated rings. The van der Waals surface area contributed by atoms with Crippen LogP contribution in [-0.2, 0) is 16.2 Å². The zero-order chi connectivity index (χ0) is 33.4. The summed E-state index contributed by atoms with van der Waals surface area (Å²) in [7, 11) is 0. The van der Waals surface area contributed by atoms with Crippen molar-refractivity contribution in [1.29, 1.82) is 0 Å². The minimum absolute atomic E-state index is 0.0463. The molecule has 4 saturated carbocycles. The van der Waals surface area contributed by atoms with Crippen LogP contribution in [0.5, 0.6) is 0 Å². The second-order valence-corrected chi connectivity index (χ2v) is 18.4. The van der Waals surface area contributed by atoms with E-state index < -0.39 is 0 Å². The van der Waals surface area contributed by atoms with Gasteiger partial charge in [-0.25, -0.2) is 0 Å². The molecular formula is C48H45NO. The van der Waals surface area contributed by atoms with E-state index >= 15 is 0 Å². The predicted molar refractivity (Wildman–Crippen MR) is 205 cm³/mol. The van der Waals surface area contributed by atoms with Gasteiger partial charge in [-0.1, -0.05) is 94.4 Å². The minimum atomic E-state index is 0.0463. The maximum Gasteiger partial charge on any atom is 0.137 e. The van der Waals surface area contributed by atoms with E-state index in [-0.39, 0.29) is 16.2 Å². The van der Waals surface area contributed by atoms with E-state index in [4.69, 9.17) is 4.42 Å². The van der Waals surface area contributed by atoms with Crippen LogP contribution in [0.15, 0.2) is 108 Å². The SMILES string of the molecule is CC1(C)CCC(C)(C)c2c(N(c3ccc4c(c3)C3(c5ccccc5-4)C4CC5CC6CC3C64C5)c3cccc4oc5ccccc5c34)cccc21. The fraction of sp³-hybridized carbons (Fsp3) is 0.375. The fourth-order valence-electron chi connectivity index (χ4n) is 13.7. The van der Waals surface area contributed by atoms with Crippen LogP contribution < -0.4 is 4.90 Å². The fourth-order valence-corrected chi connectivity index (χ4v) is 13.7. The van der Waals surface area contributed by atoms with Gasteiger partial charge in [-0.2, -0.15) is 0 Å². The van der Waals surface area contributed by atoms with Crippen molar-refractivity contribution in [2.45, 2.75) is 82.5 Å². The lowest BCUT2D eigenvalue weighted by Gasteiger charge is -2.76. The molecule has 2 heteroatoms. The second-order valence-electron chi connectivity index (χ2n) is 18.4. The number of fused-ring (bicyclic) bond motifs is 12. The van der Waals surface area contributed by atoms with Crippen molar-refractivity contribution in [3.63, 3.8) is 0 Å². The quantitative estimate of drug-likeness (QED) is 0.189. The molecular weight excluding hydrogens is 607 g/mol. The van der Waals surface area contributed by atoms with Gasteiger partial charge < -0.3 is 9.32 Å². The largest absolute Gasteiger partial charge is 0.456 e. The molecule has 248 valence electrons. The molecule has 50 heavy (non-hydrogen) atoms. The second kappa shape index (κ2) is 8.94. The third-order valence-corrected chi connectivity index (χ3v) is 15.6. The molecule has 6 aromatic rings. The third kappa shape index (κ3) is 3.09. The first-order valence-corrected chi connectivity index (χ1v) is 19.3. The van der Waals surface area contributed by atoms with Crippen molar-refractivity contribution < 1.29 is 4.42 Å². The standard InChI is InChI=1S/C48H45NO/c1-45(2)21-22-46(3,4)44-35(45)14-9-16-38(44)49(37-15-10-18-40-43(37)33-12-6-8-17-39(33)50-40)30-19-20-32-31-11-5-7-13-34(31)48(36(32)26-30)41-24-28-23-29-25-42(48)47(29,41)27-28/h5-20,26,28-29,41-42H,21-25,27H2,1-4H3. The Kier molecular flexibility index (Phi) is 5.08. The molecule has 0 radical (unpaired) electrons. The summed E-state index contributed by atoms with van der Waals surface area (Å²) in [4.78, 5) is 2.64. The van der Waals surface area contributed by atoms with Crippen LogP contribution in [0.3, 0.4) is 0 Å². The van der Waals surface area contributed by atoms with Crippen LogP contribution in [0, 0.1) is 29.1 Å². The third-order valence-electron chi connectivity index (χ3n) is 15.6. The molecule has 0 aliphatic heterocycles. The molecule has 0 N–H and O–H groups in total. The molecule has 6 aliphatic rings. The summed E-state index contributed by atoms with van der Waals surface area (Å²) in [6.07, 6.45) is 8.21. The number of benzene rings is 5. The van der Waals surface area contributed by atoms with Gasteiger partial charge in [0.1, 0.15) is 11.2 Å². The minimum Gasteiger partial charge on any atom is -0.456 e. The van der Waals surface area contributed by atoms with Gasteiger partial charge in [-0.05, 0) is 148 Å². The summed E-state index contributed by atoms with van der Waals surface area (Å²) in [5, 5.41) is 2.38. The van der Waals surface area contributed by atoms with Gasteiger partial charge in [0.05, 0.1) is 16.8 Å². The Balaban J connectivity index is 1.15. The van der Waals surface area contributed by atoms with Gasteiger partial charge in [-0.3, -0.25) is 0 Å². The van der Waals surface area contributed by atoms with Crippen LogP contribution in [0.25, 0.3) is 33.1 Å². The molecule has 0 saturated heterocycles. The van der Waals surface area contributed by atoms with Crippen molar-refractivity contribution >= 4 is 39.0 Å². The lowest BCUT2D eigenvalue weighted by molar-refractivity contribution is -0.231. The molecule has 6 aliphatic carbocycles. The normalized spacial score (nSPS) is 31.2. The molecule has 2 bridgehead atoms. The summed E-state index contributed by atoms with van der Waals surface area (Å²) in [6, 6.07) is 39.5. The van der Waals surface area contributed by atoms with E-state index in [1.165, 1.54) is 88.6 Å². The van der Waals surface area contributed by atoms with Gasteiger partial charge in [-0.15, -0.1) is 0 Å². The highest BCUT2D eigenvalue weighted by molar-refractivity contribution is 6.13. The number of rotatable bonds is 3. The number of para-hydroxylation sites is 1. The van der Waals surface area contributed by atoms with Crippen LogP contribution in [-0.4, -0.2) is 0 Å². The Morgan fingerprint density at radius 3 is 2.24 bits per heavy atom. The molecule has 2 spiro atoms. The lowest BCUT2D eigenvalue weighted by Crippen LogP contribution is -2.73. The first-order valence-electron chi connectivity index (χ1n) is 19.3. The maximum absolute atomic E-state index is 6.55. The summed E-state index contributed by atoms with van der Waals surface area (Å²) >= 11 is 0. The van der Waals surface area contributed by atoms with E-state index in [1.54, 1.807) is 11.1 Å². The topological polar surface area (TPSA) is 16.4 Å². The Bertz CT molecular complexity index is 2460. The Morgan fingerprint density at radius 2 is 1.34 bits per heavy atom. The van der Waals surface area contributed by atoms with Gasteiger partial charge >= 0.3 is 0 Å². The number of anilines is 3. The van der Waals surface area contributed by atoms with E-state index in [2.05, 4.69) is 136 Å². The van der Waals surface area contributed by atoms with E-state index in [0.717, 1.165) is 34.8 Å². The number of furan rings is 1. The Hall–Kier alpha value is -4.30. The molecule has 5 aromatic carbocycles. The maximum atomic E-state index is 6.55. The van der Waals surface area contributed by atoms with Gasteiger partial charge in [0, 0.05) is 16.5 Å². The Labute approximate surface area is 295 Å². The predicted octanol–water partition coefficient (Wildman–Crippen LogP) is 12.7. The lowest BCUT2D eigenvalue weighted by atomic mass is 9.27. The molecule has 1 aromatic heterocycles. The number of nitrogens with zero attached hydrogens (tertiary/aromatic N) is 1. The molecule has 6 unspecified atom stereocenters. The van der Waals surface area contributed by atoms with Crippen molar-refractivity contribution in [2.24, 2.45) is 29.1 Å². The molecule has 1 heterocycles. The molecule has 0 amide bonds. The highest BCUT2D eigenvalue weighted by Crippen LogP contribution is 2.89. The van der Waals surface area contributed by atoms with Crippen LogP contribution >= 0.6 is 0 Å². The van der Waals surface area contributed by atoms with Crippen molar-refractivity contribution in [3.8, 4) is 11.1 Å². The van der Waals surface area contributed by atoms with Crippen LogP contribution in [0.2, 0.25) is 0 Å². The highest BCUT2D eigenvalue weighted by Gasteiger charge is 2.84. The Morgan fingerprint density at radius 1 is 0.620 bits per heavy atom. The summed E-state index contributed by atoms with van der Waals surface area (Å²) in [6.45, 7) is 9.84. The van der Waals surface area contributed by atoms with Gasteiger partial charge in [0.2, 0.25) is 0 Å². The monoisotopic (exact) mass is 651 g/mol. The number of hydrogen-bond donors (Lipinski definition) is 0. The highest BCUT2D eigenvalue weighted by atomic mass is 16.3. The van der Waals surface area contributed by atoms with Crippen molar-refractivity contribution in [1.82, 2.24) is 0 Å². The molecule has 12 rings (SSSR count). The average molecular weight is 652 g/mol. The molecule has 6 atom stereocenters. The number of hydrogen-bond acceptors (Lipinski definition) is 2. The van der Waals surface area contributed by atoms with Gasteiger partial charge in [0.15, 0.2) is 0 Å². The van der Waals surface area contributed by atoms with Crippen molar-refractivity contribution in [3.05, 3.63) is 125 Å². The average Bonchev–Trinajstić information content (AvgIpc) is 3.85. The van der Waals surface area contributed by atoms with Gasteiger partial charge in [0.25, 0.3) is 0 Å². The van der Waals surface area contributed by atoms with E-state index in [9.17, 15) is 0 Å². The summed E-state index contributed by atoms with van der Waals surface area (Å²) in [5.41, 5.74) is 15.8. The first-order chi connectivity index (χ1) is 24.2. The summed E-state index contributed by atoms with van der Waals surface area (Å²) in [5.74, 6) is 3.49. The first kappa shape index (κ1) is 28.4. The zero-order valence-corrected chi connectivity index (χ0v) is 29.7. The van der Waals surface area contributed by atoms with Crippen LogP contribution in [0.4, 0.5) is 17.1 Å². The zero-order valence-electron chi connectivity index (χ0n) is 29.7. The van der Waals surface area contributed by atoms with E-state index in [1.807, 2.05) is 0 Å². The van der Waals surface area contributed by atoms with Crippen LogP contribution in [0.1, 0.15) is 88.5 Å². The van der Waals surface area contributed by atoms with Crippen molar-refractivity contribution in [2.75, 3.05) is 4.90 Å². The van der Waals surface area contributed by atoms with E-state index in [0.29, 0.717) is 5.41 Å².